The highest BCUT2D eigenvalue weighted by Crippen LogP contribution is 2.17. The van der Waals surface area contributed by atoms with E-state index in [0.717, 1.165) is 6.42 Å². The van der Waals surface area contributed by atoms with E-state index in [-0.39, 0.29) is 12.4 Å². The molecule has 24 heavy (non-hydrogen) atoms. The molecule has 0 amide bonds. The maximum atomic E-state index is 12.1. The van der Waals surface area contributed by atoms with E-state index in [4.69, 9.17) is 9.47 Å². The van der Waals surface area contributed by atoms with Gasteiger partial charge in [-0.2, -0.15) is 0 Å². The summed E-state index contributed by atoms with van der Waals surface area (Å²) < 4.78 is 37.5. The van der Waals surface area contributed by atoms with Crippen molar-refractivity contribution in [2.45, 2.75) is 20.3 Å². The normalized spacial score (nSPS) is 11.1. The molecule has 0 saturated heterocycles. The molecule has 0 aliphatic heterocycles. The number of ether oxygens (including phenoxy) is 2. The Morgan fingerprint density at radius 3 is 2.04 bits per heavy atom. The van der Waals surface area contributed by atoms with Gasteiger partial charge < -0.3 is 9.47 Å². The van der Waals surface area contributed by atoms with E-state index < -0.39 is 10.0 Å². The van der Waals surface area contributed by atoms with Gasteiger partial charge >= 0.3 is 0 Å². The molecule has 0 aromatic heterocycles. The van der Waals surface area contributed by atoms with E-state index in [2.05, 4.69) is 11.6 Å². The molecule has 6 heteroatoms. The zero-order valence-corrected chi connectivity index (χ0v) is 14.8. The van der Waals surface area contributed by atoms with Gasteiger partial charge in [0.1, 0.15) is 23.9 Å². The molecule has 0 aliphatic carbocycles. The lowest BCUT2D eigenvalue weighted by Gasteiger charge is -2.10. The van der Waals surface area contributed by atoms with Gasteiger partial charge in [0.05, 0.1) is 6.61 Å². The fourth-order valence-electron chi connectivity index (χ4n) is 2.11. The minimum Gasteiger partial charge on any atom is -0.494 e. The van der Waals surface area contributed by atoms with Crippen LogP contribution in [0.3, 0.4) is 0 Å². The van der Waals surface area contributed by atoms with E-state index >= 15 is 0 Å². The predicted molar refractivity (Wildman–Crippen MR) is 96.3 cm³/mol. The van der Waals surface area contributed by atoms with Crippen LogP contribution in [0.5, 0.6) is 11.5 Å². The van der Waals surface area contributed by atoms with E-state index in [0.29, 0.717) is 23.8 Å². The Labute approximate surface area is 143 Å². The summed E-state index contributed by atoms with van der Waals surface area (Å²) in [6.45, 7) is 4.64. The van der Waals surface area contributed by atoms with Crippen LogP contribution in [0, 0.1) is 0 Å². The maximum absolute atomic E-state index is 12.1. The summed E-state index contributed by atoms with van der Waals surface area (Å²) in [5.41, 5.74) is 1.72. The first-order chi connectivity index (χ1) is 11.5. The first kappa shape index (κ1) is 18.1. The quantitative estimate of drug-likeness (QED) is 0.753. The van der Waals surface area contributed by atoms with Gasteiger partial charge in [-0.1, -0.05) is 19.1 Å². The summed E-state index contributed by atoms with van der Waals surface area (Å²) in [5.74, 6) is 1.26. The van der Waals surface area contributed by atoms with Crippen LogP contribution in [0.25, 0.3) is 0 Å². The number of aryl methyl sites for hydroxylation is 1. The molecule has 2 rings (SSSR count). The molecular formula is C18H23NO4S. The second-order valence-electron chi connectivity index (χ2n) is 5.22. The monoisotopic (exact) mass is 349 g/mol. The lowest BCUT2D eigenvalue weighted by atomic mass is 10.2. The van der Waals surface area contributed by atoms with Crippen molar-refractivity contribution in [3.8, 4) is 11.5 Å². The molecule has 0 fully saturated rings. The fourth-order valence-corrected chi connectivity index (χ4v) is 3.01. The summed E-state index contributed by atoms with van der Waals surface area (Å²) >= 11 is 0. The second-order valence-corrected chi connectivity index (χ2v) is 7.07. The molecule has 2 aromatic rings. The number of hydrogen-bond acceptors (Lipinski definition) is 4. The van der Waals surface area contributed by atoms with Gasteiger partial charge in [-0.25, -0.2) is 8.42 Å². The smallest absolute Gasteiger partial charge is 0.236 e. The zero-order valence-electron chi connectivity index (χ0n) is 14.0. The van der Waals surface area contributed by atoms with Crippen LogP contribution >= 0.6 is 0 Å². The van der Waals surface area contributed by atoms with E-state index in [9.17, 15) is 8.42 Å². The van der Waals surface area contributed by atoms with Gasteiger partial charge in [-0.3, -0.25) is 4.72 Å². The number of anilines is 1. The number of benzene rings is 2. The molecule has 130 valence electrons. The Balaban J connectivity index is 1.84. The molecule has 2 aromatic carbocycles. The molecule has 0 unspecified atom stereocenters. The Kier molecular flexibility index (Phi) is 6.49. The zero-order chi connectivity index (χ0) is 17.4. The van der Waals surface area contributed by atoms with E-state index in [1.165, 1.54) is 5.56 Å². The van der Waals surface area contributed by atoms with Crippen molar-refractivity contribution in [2.24, 2.45) is 0 Å². The first-order valence-corrected chi connectivity index (χ1v) is 9.62. The standard InChI is InChI=1S/C18H23NO4S/c1-3-15-5-9-18(10-6-15)23-13-14-24(20,21)19-16-7-11-17(12-8-16)22-4-2/h5-12,19H,3-4,13-14H2,1-2H3. The van der Waals surface area contributed by atoms with Crippen molar-refractivity contribution >= 4 is 15.7 Å². The van der Waals surface area contributed by atoms with Crippen molar-refractivity contribution in [3.05, 3.63) is 54.1 Å². The highest BCUT2D eigenvalue weighted by Gasteiger charge is 2.11. The highest BCUT2D eigenvalue weighted by atomic mass is 32.2. The molecule has 0 bridgehead atoms. The third kappa shape index (κ3) is 5.77. The number of sulfonamides is 1. The molecule has 0 spiro atoms. The largest absolute Gasteiger partial charge is 0.494 e. The molecule has 0 radical (unpaired) electrons. The van der Waals surface area contributed by atoms with Crippen molar-refractivity contribution in [1.82, 2.24) is 0 Å². The average Bonchev–Trinajstić information content (AvgIpc) is 2.57. The minimum atomic E-state index is -3.46. The van der Waals surface area contributed by atoms with Gasteiger partial charge in [0, 0.05) is 5.69 Å². The Morgan fingerprint density at radius 1 is 0.875 bits per heavy atom. The summed E-state index contributed by atoms with van der Waals surface area (Å²) in [5, 5.41) is 0. The second kappa shape index (κ2) is 8.59. The third-order valence-electron chi connectivity index (χ3n) is 3.39. The van der Waals surface area contributed by atoms with Crippen molar-refractivity contribution in [2.75, 3.05) is 23.7 Å². The molecule has 0 saturated carbocycles. The minimum absolute atomic E-state index is 0.0951. The molecule has 0 atom stereocenters. The predicted octanol–water partition coefficient (Wildman–Crippen LogP) is 3.47. The summed E-state index contributed by atoms with van der Waals surface area (Å²) in [6.07, 6.45) is 0.959. The maximum Gasteiger partial charge on any atom is 0.236 e. The van der Waals surface area contributed by atoms with Gasteiger partial charge in [-0.05, 0) is 55.3 Å². The van der Waals surface area contributed by atoms with Gasteiger partial charge in [0.2, 0.25) is 10.0 Å². The summed E-state index contributed by atoms with van der Waals surface area (Å²) in [7, 11) is -3.46. The first-order valence-electron chi connectivity index (χ1n) is 7.97. The van der Waals surface area contributed by atoms with Crippen LogP contribution in [0.1, 0.15) is 19.4 Å². The Hall–Kier alpha value is -2.21. The summed E-state index contributed by atoms with van der Waals surface area (Å²) in [6, 6.07) is 14.5. The van der Waals surface area contributed by atoms with Gasteiger partial charge in [0.25, 0.3) is 0 Å². The molecule has 5 nitrogen and oxygen atoms in total. The summed E-state index contributed by atoms with van der Waals surface area (Å²) in [4.78, 5) is 0. The topological polar surface area (TPSA) is 64.6 Å². The van der Waals surface area contributed by atoms with E-state index in [1.807, 2.05) is 31.2 Å². The number of nitrogens with one attached hydrogen (secondary N) is 1. The van der Waals surface area contributed by atoms with E-state index in [1.54, 1.807) is 24.3 Å². The van der Waals surface area contributed by atoms with Crippen LogP contribution in [0.4, 0.5) is 5.69 Å². The lowest BCUT2D eigenvalue weighted by Crippen LogP contribution is -2.21. The SMILES string of the molecule is CCOc1ccc(NS(=O)(=O)CCOc2ccc(CC)cc2)cc1. The number of hydrogen-bond donors (Lipinski definition) is 1. The Bertz CT molecular complexity index is 725. The van der Waals surface area contributed by atoms with Crippen LogP contribution in [-0.2, 0) is 16.4 Å². The molecular weight excluding hydrogens is 326 g/mol. The number of rotatable bonds is 9. The van der Waals surface area contributed by atoms with Crippen LogP contribution in [-0.4, -0.2) is 27.4 Å². The molecule has 1 N–H and O–H groups in total. The van der Waals surface area contributed by atoms with Crippen LogP contribution < -0.4 is 14.2 Å². The van der Waals surface area contributed by atoms with Crippen LogP contribution in [0.15, 0.2) is 48.5 Å². The van der Waals surface area contributed by atoms with Crippen LogP contribution in [0.2, 0.25) is 0 Å². The third-order valence-corrected chi connectivity index (χ3v) is 4.64. The highest BCUT2D eigenvalue weighted by molar-refractivity contribution is 7.92. The van der Waals surface area contributed by atoms with Gasteiger partial charge in [-0.15, -0.1) is 0 Å². The molecule has 0 heterocycles. The van der Waals surface area contributed by atoms with Crippen molar-refractivity contribution in [1.29, 1.82) is 0 Å². The van der Waals surface area contributed by atoms with Gasteiger partial charge in [0.15, 0.2) is 0 Å². The molecule has 0 aliphatic rings. The van der Waals surface area contributed by atoms with Crippen molar-refractivity contribution in [3.63, 3.8) is 0 Å². The lowest BCUT2D eigenvalue weighted by molar-refractivity contribution is 0.340. The average molecular weight is 349 g/mol. The Morgan fingerprint density at radius 2 is 1.46 bits per heavy atom. The fraction of sp³-hybridized carbons (Fsp3) is 0.333. The van der Waals surface area contributed by atoms with Crippen molar-refractivity contribution < 1.29 is 17.9 Å².